The summed E-state index contributed by atoms with van der Waals surface area (Å²) >= 11 is 3.52. The molecule has 2 aromatic carbocycles. The van der Waals surface area contributed by atoms with E-state index in [1.807, 2.05) is 0 Å². The molecule has 2 heteroatoms. The van der Waals surface area contributed by atoms with Crippen LogP contribution in [0, 0.1) is 0 Å². The van der Waals surface area contributed by atoms with Crippen molar-refractivity contribution in [2.75, 3.05) is 5.32 Å². The lowest BCUT2D eigenvalue weighted by Crippen LogP contribution is -2.02. The summed E-state index contributed by atoms with van der Waals surface area (Å²) < 4.78 is 1.14. The Morgan fingerprint density at radius 3 is 2.21 bits per heavy atom. The second-order valence-electron chi connectivity index (χ2n) is 4.68. The molecule has 1 N–H and O–H groups in total. The average molecular weight is 318 g/mol. The molecule has 0 spiro atoms. The number of rotatable bonds is 5. The summed E-state index contributed by atoms with van der Waals surface area (Å²) in [5.74, 6) is 0. The van der Waals surface area contributed by atoms with Gasteiger partial charge in [-0.25, -0.2) is 0 Å². The molecule has 2 aromatic rings. The molecule has 0 aromatic heterocycles. The van der Waals surface area contributed by atoms with Crippen LogP contribution in [0.15, 0.2) is 46.9 Å². The van der Waals surface area contributed by atoms with E-state index < -0.39 is 0 Å². The standard InChI is InChI=1S/C17H20BrN/c1-3-13-5-7-14(8-6-13)12-19-17-10-9-16(18)11-15(17)4-2/h5-11,19H,3-4,12H2,1-2H3. The van der Waals surface area contributed by atoms with Gasteiger partial charge in [0.15, 0.2) is 0 Å². The molecule has 0 saturated heterocycles. The SMILES string of the molecule is CCc1ccc(CNc2ccc(Br)cc2CC)cc1. The third kappa shape index (κ3) is 3.84. The molecular formula is C17H20BrN. The van der Waals surface area contributed by atoms with Gasteiger partial charge in [-0.15, -0.1) is 0 Å². The Labute approximate surface area is 124 Å². The zero-order valence-corrected chi connectivity index (χ0v) is 13.1. The van der Waals surface area contributed by atoms with E-state index in [9.17, 15) is 0 Å². The van der Waals surface area contributed by atoms with E-state index in [4.69, 9.17) is 0 Å². The van der Waals surface area contributed by atoms with Gasteiger partial charge in [0.25, 0.3) is 0 Å². The van der Waals surface area contributed by atoms with Gasteiger partial charge in [0, 0.05) is 16.7 Å². The minimum absolute atomic E-state index is 0.874. The van der Waals surface area contributed by atoms with E-state index in [0.29, 0.717) is 0 Å². The molecule has 0 aliphatic rings. The molecule has 0 fully saturated rings. The minimum Gasteiger partial charge on any atom is -0.381 e. The predicted octanol–water partition coefficient (Wildman–Crippen LogP) is 5.19. The minimum atomic E-state index is 0.874. The largest absolute Gasteiger partial charge is 0.381 e. The van der Waals surface area contributed by atoms with Gasteiger partial charge in [0.2, 0.25) is 0 Å². The van der Waals surface area contributed by atoms with Crippen LogP contribution in [0.3, 0.4) is 0 Å². The quantitative estimate of drug-likeness (QED) is 0.800. The Bertz CT molecular complexity index is 531. The van der Waals surface area contributed by atoms with Crippen molar-refractivity contribution in [1.29, 1.82) is 0 Å². The molecule has 0 radical (unpaired) electrons. The van der Waals surface area contributed by atoms with Crippen LogP contribution in [-0.4, -0.2) is 0 Å². The molecule has 1 nitrogen and oxygen atoms in total. The molecule has 0 aliphatic heterocycles. The Balaban J connectivity index is 2.05. The van der Waals surface area contributed by atoms with E-state index in [0.717, 1.165) is 23.9 Å². The van der Waals surface area contributed by atoms with Crippen LogP contribution in [0.1, 0.15) is 30.5 Å². The number of anilines is 1. The third-order valence-corrected chi connectivity index (χ3v) is 3.86. The summed E-state index contributed by atoms with van der Waals surface area (Å²) in [5.41, 5.74) is 5.29. The molecule has 2 rings (SSSR count). The molecular weight excluding hydrogens is 298 g/mol. The maximum atomic E-state index is 3.52. The first-order valence-corrected chi connectivity index (χ1v) is 7.62. The normalized spacial score (nSPS) is 10.5. The number of hydrogen-bond acceptors (Lipinski definition) is 1. The van der Waals surface area contributed by atoms with Gasteiger partial charge in [0.1, 0.15) is 0 Å². The smallest absolute Gasteiger partial charge is 0.0400 e. The monoisotopic (exact) mass is 317 g/mol. The van der Waals surface area contributed by atoms with Crippen LogP contribution >= 0.6 is 15.9 Å². The van der Waals surface area contributed by atoms with Crippen LogP contribution in [-0.2, 0) is 19.4 Å². The topological polar surface area (TPSA) is 12.0 Å². The van der Waals surface area contributed by atoms with Crippen molar-refractivity contribution in [3.05, 3.63) is 63.6 Å². The van der Waals surface area contributed by atoms with Gasteiger partial charge in [-0.05, 0) is 47.7 Å². The van der Waals surface area contributed by atoms with Gasteiger partial charge in [0.05, 0.1) is 0 Å². The highest BCUT2D eigenvalue weighted by atomic mass is 79.9. The van der Waals surface area contributed by atoms with Crippen molar-refractivity contribution < 1.29 is 0 Å². The van der Waals surface area contributed by atoms with Crippen molar-refractivity contribution in [1.82, 2.24) is 0 Å². The highest BCUT2D eigenvalue weighted by molar-refractivity contribution is 9.10. The summed E-state index contributed by atoms with van der Waals surface area (Å²) in [6, 6.07) is 15.2. The van der Waals surface area contributed by atoms with Crippen LogP contribution < -0.4 is 5.32 Å². The molecule has 0 bridgehead atoms. The first-order valence-electron chi connectivity index (χ1n) is 6.83. The van der Waals surface area contributed by atoms with Gasteiger partial charge in [-0.2, -0.15) is 0 Å². The summed E-state index contributed by atoms with van der Waals surface area (Å²) in [5, 5.41) is 3.52. The fourth-order valence-corrected chi connectivity index (χ4v) is 2.53. The number of halogens is 1. The van der Waals surface area contributed by atoms with Gasteiger partial charge in [-0.1, -0.05) is 54.0 Å². The maximum absolute atomic E-state index is 3.52. The highest BCUT2D eigenvalue weighted by Crippen LogP contribution is 2.22. The second-order valence-corrected chi connectivity index (χ2v) is 5.59. The van der Waals surface area contributed by atoms with Crippen LogP contribution in [0.5, 0.6) is 0 Å². The first-order chi connectivity index (χ1) is 9.22. The molecule has 0 atom stereocenters. The zero-order chi connectivity index (χ0) is 13.7. The van der Waals surface area contributed by atoms with Gasteiger partial charge in [-0.3, -0.25) is 0 Å². The van der Waals surface area contributed by atoms with Crippen LogP contribution in [0.25, 0.3) is 0 Å². The van der Waals surface area contributed by atoms with Gasteiger partial charge >= 0.3 is 0 Å². The number of nitrogens with one attached hydrogen (secondary N) is 1. The zero-order valence-electron chi connectivity index (χ0n) is 11.5. The number of hydrogen-bond donors (Lipinski definition) is 1. The summed E-state index contributed by atoms with van der Waals surface area (Å²) in [7, 11) is 0. The average Bonchev–Trinajstić information content (AvgIpc) is 2.46. The predicted molar refractivity (Wildman–Crippen MR) is 86.7 cm³/mol. The first kappa shape index (κ1) is 14.1. The fourth-order valence-electron chi connectivity index (χ4n) is 2.12. The van der Waals surface area contributed by atoms with E-state index in [-0.39, 0.29) is 0 Å². The molecule has 0 heterocycles. The van der Waals surface area contributed by atoms with Crippen LogP contribution in [0.4, 0.5) is 5.69 Å². The number of aryl methyl sites for hydroxylation is 2. The Kier molecular flexibility index (Phi) is 5.03. The molecule has 0 amide bonds. The lowest BCUT2D eigenvalue weighted by Gasteiger charge is -2.12. The van der Waals surface area contributed by atoms with Crippen molar-refractivity contribution in [3.8, 4) is 0 Å². The number of benzene rings is 2. The van der Waals surface area contributed by atoms with E-state index >= 15 is 0 Å². The Hall–Kier alpha value is -1.28. The lowest BCUT2D eigenvalue weighted by atomic mass is 10.1. The summed E-state index contributed by atoms with van der Waals surface area (Å²) in [6.07, 6.45) is 2.14. The third-order valence-electron chi connectivity index (χ3n) is 3.36. The van der Waals surface area contributed by atoms with Crippen molar-refractivity contribution in [2.45, 2.75) is 33.2 Å². The van der Waals surface area contributed by atoms with Crippen molar-refractivity contribution in [2.24, 2.45) is 0 Å². The molecule has 100 valence electrons. The van der Waals surface area contributed by atoms with Crippen molar-refractivity contribution >= 4 is 21.6 Å². The molecule has 19 heavy (non-hydrogen) atoms. The van der Waals surface area contributed by atoms with Crippen molar-refractivity contribution in [3.63, 3.8) is 0 Å². The van der Waals surface area contributed by atoms with E-state index in [1.54, 1.807) is 0 Å². The molecule has 0 unspecified atom stereocenters. The van der Waals surface area contributed by atoms with E-state index in [1.165, 1.54) is 22.4 Å². The second kappa shape index (κ2) is 6.76. The fraction of sp³-hybridized carbons (Fsp3) is 0.294. The summed E-state index contributed by atoms with van der Waals surface area (Å²) in [4.78, 5) is 0. The summed E-state index contributed by atoms with van der Waals surface area (Å²) in [6.45, 7) is 5.24. The lowest BCUT2D eigenvalue weighted by molar-refractivity contribution is 1.08. The van der Waals surface area contributed by atoms with E-state index in [2.05, 4.69) is 77.6 Å². The molecule has 0 saturated carbocycles. The van der Waals surface area contributed by atoms with Crippen LogP contribution in [0.2, 0.25) is 0 Å². The Morgan fingerprint density at radius 2 is 1.58 bits per heavy atom. The molecule has 0 aliphatic carbocycles. The maximum Gasteiger partial charge on any atom is 0.0400 e. The Morgan fingerprint density at radius 1 is 0.895 bits per heavy atom. The van der Waals surface area contributed by atoms with Gasteiger partial charge < -0.3 is 5.32 Å². The highest BCUT2D eigenvalue weighted by Gasteiger charge is 2.01.